The first-order valence-electron chi connectivity index (χ1n) is 6.15. The second-order valence-electron chi connectivity index (χ2n) is 4.72. The molecule has 0 aliphatic heterocycles. The SMILES string of the molecule is Cc1noc(C)c1Cn1c(=O)n(C)c2ccccc21. The fraction of sp³-hybridized carbons (Fsp3) is 0.286. The molecule has 98 valence electrons. The van der Waals surface area contributed by atoms with Crippen molar-refractivity contribution in [3.05, 3.63) is 51.8 Å². The van der Waals surface area contributed by atoms with Gasteiger partial charge < -0.3 is 4.52 Å². The van der Waals surface area contributed by atoms with Crippen LogP contribution < -0.4 is 5.69 Å². The molecule has 3 rings (SSSR count). The Balaban J connectivity index is 2.22. The van der Waals surface area contributed by atoms with Gasteiger partial charge in [0.1, 0.15) is 5.76 Å². The Labute approximate surface area is 110 Å². The minimum atomic E-state index is -0.0267. The Morgan fingerprint density at radius 3 is 2.53 bits per heavy atom. The molecule has 0 fully saturated rings. The first kappa shape index (κ1) is 11.8. The molecule has 0 aliphatic carbocycles. The molecular formula is C14H15N3O2. The highest BCUT2D eigenvalue weighted by Crippen LogP contribution is 2.17. The average molecular weight is 257 g/mol. The van der Waals surface area contributed by atoms with E-state index in [1.54, 1.807) is 16.2 Å². The molecule has 0 spiro atoms. The monoisotopic (exact) mass is 257 g/mol. The van der Waals surface area contributed by atoms with E-state index in [1.165, 1.54) is 0 Å². The van der Waals surface area contributed by atoms with Crippen LogP contribution in [0.2, 0.25) is 0 Å². The molecule has 1 aromatic carbocycles. The molecule has 0 aliphatic rings. The van der Waals surface area contributed by atoms with Gasteiger partial charge in [0.2, 0.25) is 0 Å². The van der Waals surface area contributed by atoms with Crippen molar-refractivity contribution in [1.29, 1.82) is 0 Å². The molecular weight excluding hydrogens is 242 g/mol. The zero-order chi connectivity index (χ0) is 13.6. The third-order valence-corrected chi connectivity index (χ3v) is 3.55. The van der Waals surface area contributed by atoms with Crippen LogP contribution in [-0.4, -0.2) is 14.3 Å². The van der Waals surface area contributed by atoms with E-state index in [2.05, 4.69) is 5.16 Å². The molecule has 2 heterocycles. The Bertz CT molecular complexity index is 788. The number of fused-ring (bicyclic) bond motifs is 1. The Morgan fingerprint density at radius 2 is 1.89 bits per heavy atom. The van der Waals surface area contributed by atoms with Gasteiger partial charge in [0.15, 0.2) is 0 Å². The summed E-state index contributed by atoms with van der Waals surface area (Å²) < 4.78 is 8.57. The number of aromatic nitrogens is 3. The summed E-state index contributed by atoms with van der Waals surface area (Å²) in [5.74, 6) is 0.761. The van der Waals surface area contributed by atoms with Crippen LogP contribution in [0.15, 0.2) is 33.6 Å². The summed E-state index contributed by atoms with van der Waals surface area (Å²) in [6.45, 7) is 4.24. The van der Waals surface area contributed by atoms with Gasteiger partial charge >= 0.3 is 5.69 Å². The number of benzene rings is 1. The molecule has 0 unspecified atom stereocenters. The number of nitrogens with zero attached hydrogens (tertiary/aromatic N) is 3. The van der Waals surface area contributed by atoms with E-state index in [-0.39, 0.29) is 5.69 Å². The quantitative estimate of drug-likeness (QED) is 0.705. The lowest BCUT2D eigenvalue weighted by Gasteiger charge is -2.02. The molecule has 2 aromatic heterocycles. The fourth-order valence-electron chi connectivity index (χ4n) is 2.40. The summed E-state index contributed by atoms with van der Waals surface area (Å²) in [5.41, 5.74) is 3.63. The van der Waals surface area contributed by atoms with E-state index in [1.807, 2.05) is 38.1 Å². The molecule has 0 amide bonds. The van der Waals surface area contributed by atoms with Gasteiger partial charge in [0.05, 0.1) is 23.3 Å². The number of imidazole rings is 1. The summed E-state index contributed by atoms with van der Waals surface area (Å²) in [7, 11) is 1.79. The molecule has 0 bridgehead atoms. The average Bonchev–Trinajstić information content (AvgIpc) is 2.85. The maximum absolute atomic E-state index is 12.3. The molecule has 0 N–H and O–H groups in total. The van der Waals surface area contributed by atoms with Gasteiger partial charge in [-0.3, -0.25) is 9.13 Å². The number of rotatable bonds is 2. The minimum absolute atomic E-state index is 0.0267. The lowest BCUT2D eigenvalue weighted by Crippen LogP contribution is -2.23. The molecule has 0 saturated heterocycles. The molecule has 3 aromatic rings. The van der Waals surface area contributed by atoms with Crippen molar-refractivity contribution in [3.8, 4) is 0 Å². The van der Waals surface area contributed by atoms with Crippen LogP contribution in [-0.2, 0) is 13.6 Å². The molecule has 5 heteroatoms. The van der Waals surface area contributed by atoms with E-state index < -0.39 is 0 Å². The van der Waals surface area contributed by atoms with E-state index in [9.17, 15) is 4.79 Å². The smallest absolute Gasteiger partial charge is 0.329 e. The van der Waals surface area contributed by atoms with Gasteiger partial charge in [0, 0.05) is 12.6 Å². The highest BCUT2D eigenvalue weighted by molar-refractivity contribution is 5.76. The maximum atomic E-state index is 12.3. The molecule has 5 nitrogen and oxygen atoms in total. The van der Waals surface area contributed by atoms with Crippen LogP contribution >= 0.6 is 0 Å². The third kappa shape index (κ3) is 1.69. The third-order valence-electron chi connectivity index (χ3n) is 3.55. The molecule has 0 atom stereocenters. The van der Waals surface area contributed by atoms with Crippen molar-refractivity contribution in [2.75, 3.05) is 0 Å². The molecule has 0 saturated carbocycles. The van der Waals surface area contributed by atoms with Crippen LogP contribution in [0.25, 0.3) is 11.0 Å². The summed E-state index contributed by atoms with van der Waals surface area (Å²) in [5, 5.41) is 3.93. The first-order valence-corrected chi connectivity index (χ1v) is 6.15. The van der Waals surface area contributed by atoms with Crippen molar-refractivity contribution in [3.63, 3.8) is 0 Å². The highest BCUT2D eigenvalue weighted by atomic mass is 16.5. The Morgan fingerprint density at radius 1 is 1.21 bits per heavy atom. The van der Waals surface area contributed by atoms with Gasteiger partial charge in [-0.2, -0.15) is 0 Å². The van der Waals surface area contributed by atoms with Crippen LogP contribution in [0.5, 0.6) is 0 Å². The van der Waals surface area contributed by atoms with E-state index in [0.29, 0.717) is 6.54 Å². The topological polar surface area (TPSA) is 53.0 Å². The fourth-order valence-corrected chi connectivity index (χ4v) is 2.40. The van der Waals surface area contributed by atoms with E-state index >= 15 is 0 Å². The van der Waals surface area contributed by atoms with Gasteiger partial charge in [-0.05, 0) is 26.0 Å². The molecule has 19 heavy (non-hydrogen) atoms. The van der Waals surface area contributed by atoms with Crippen LogP contribution in [0.1, 0.15) is 17.0 Å². The summed E-state index contributed by atoms with van der Waals surface area (Å²) in [6, 6.07) is 7.77. The maximum Gasteiger partial charge on any atom is 0.329 e. The number of aryl methyl sites for hydroxylation is 3. The van der Waals surface area contributed by atoms with Crippen molar-refractivity contribution in [1.82, 2.24) is 14.3 Å². The Kier molecular flexibility index (Phi) is 2.55. The van der Waals surface area contributed by atoms with Gasteiger partial charge in [-0.15, -0.1) is 0 Å². The summed E-state index contributed by atoms with van der Waals surface area (Å²) in [6.07, 6.45) is 0. The lowest BCUT2D eigenvalue weighted by molar-refractivity contribution is 0.392. The van der Waals surface area contributed by atoms with Crippen LogP contribution in [0.3, 0.4) is 0 Å². The zero-order valence-electron chi connectivity index (χ0n) is 11.2. The number of hydrogen-bond donors (Lipinski definition) is 0. The lowest BCUT2D eigenvalue weighted by atomic mass is 10.2. The van der Waals surface area contributed by atoms with E-state index in [0.717, 1.165) is 28.1 Å². The second-order valence-corrected chi connectivity index (χ2v) is 4.72. The standard InChI is InChI=1S/C14H15N3O2/c1-9-11(10(2)19-15-9)8-17-13-7-5-4-6-12(13)16(3)14(17)18/h4-7H,8H2,1-3H3. The second kappa shape index (κ2) is 4.12. The minimum Gasteiger partial charge on any atom is -0.361 e. The van der Waals surface area contributed by atoms with Gasteiger partial charge in [-0.25, -0.2) is 4.79 Å². The largest absolute Gasteiger partial charge is 0.361 e. The summed E-state index contributed by atoms with van der Waals surface area (Å²) in [4.78, 5) is 12.3. The van der Waals surface area contributed by atoms with Crippen molar-refractivity contribution >= 4 is 11.0 Å². The molecule has 0 radical (unpaired) electrons. The zero-order valence-corrected chi connectivity index (χ0v) is 11.2. The van der Waals surface area contributed by atoms with Crippen LogP contribution in [0, 0.1) is 13.8 Å². The number of para-hydroxylation sites is 2. The van der Waals surface area contributed by atoms with Gasteiger partial charge in [0.25, 0.3) is 0 Å². The normalized spacial score (nSPS) is 11.3. The Hall–Kier alpha value is -2.30. The van der Waals surface area contributed by atoms with E-state index in [4.69, 9.17) is 4.52 Å². The predicted molar refractivity (Wildman–Crippen MR) is 72.3 cm³/mol. The number of hydrogen-bond acceptors (Lipinski definition) is 3. The van der Waals surface area contributed by atoms with Crippen molar-refractivity contribution in [2.24, 2.45) is 7.05 Å². The summed E-state index contributed by atoms with van der Waals surface area (Å²) >= 11 is 0. The van der Waals surface area contributed by atoms with Crippen molar-refractivity contribution in [2.45, 2.75) is 20.4 Å². The van der Waals surface area contributed by atoms with Crippen molar-refractivity contribution < 1.29 is 4.52 Å². The predicted octanol–water partition coefficient (Wildman–Crippen LogP) is 1.99. The first-order chi connectivity index (χ1) is 9.09. The highest BCUT2D eigenvalue weighted by Gasteiger charge is 2.15. The van der Waals surface area contributed by atoms with Gasteiger partial charge in [-0.1, -0.05) is 17.3 Å². The van der Waals surface area contributed by atoms with Crippen LogP contribution in [0.4, 0.5) is 0 Å².